The summed E-state index contributed by atoms with van der Waals surface area (Å²) in [7, 11) is 0. The van der Waals surface area contributed by atoms with Gasteiger partial charge in [0.25, 0.3) is 5.91 Å². The number of benzene rings is 1. The van der Waals surface area contributed by atoms with Gasteiger partial charge in [-0.3, -0.25) is 10.1 Å². The number of nitrogens with one attached hydrogen (secondary N) is 3. The molecule has 1 aliphatic rings. The molecule has 0 saturated carbocycles. The molecule has 0 spiro atoms. The first-order valence-corrected chi connectivity index (χ1v) is 9.79. The lowest BCUT2D eigenvalue weighted by Crippen LogP contribution is -2.28. The number of aryl methyl sites for hydroxylation is 1. The number of carbonyl (C=O) groups excluding carboxylic acids is 2. The molecular weight excluding hydrogens is 486 g/mol. The summed E-state index contributed by atoms with van der Waals surface area (Å²) in [4.78, 5) is 27.0. The molecular formula is C20H18BrF4N3O3. The first-order valence-electron chi connectivity index (χ1n) is 8.99. The third-order valence-corrected chi connectivity index (χ3v) is 4.87. The fraction of sp³-hybridized carbons (Fsp3) is 0.300. The number of amides is 2. The van der Waals surface area contributed by atoms with Crippen molar-refractivity contribution in [2.45, 2.75) is 39.5 Å². The van der Waals surface area contributed by atoms with E-state index in [0.29, 0.717) is 0 Å². The highest BCUT2D eigenvalue weighted by atomic mass is 79.9. The third kappa shape index (κ3) is 4.76. The van der Waals surface area contributed by atoms with Gasteiger partial charge in [0.05, 0.1) is 22.6 Å². The van der Waals surface area contributed by atoms with Gasteiger partial charge >= 0.3 is 12.3 Å². The number of anilines is 2. The van der Waals surface area contributed by atoms with Crippen molar-refractivity contribution in [3.05, 3.63) is 44.9 Å². The normalized spacial score (nSPS) is 15.1. The van der Waals surface area contributed by atoms with Gasteiger partial charge in [-0.25, -0.2) is 9.18 Å². The monoisotopic (exact) mass is 503 g/mol. The predicted octanol–water partition coefficient (Wildman–Crippen LogP) is 6.08. The molecule has 0 bridgehead atoms. The number of H-pyrrole nitrogens is 1. The molecule has 1 aliphatic heterocycles. The highest BCUT2D eigenvalue weighted by Crippen LogP contribution is 2.43. The number of aromatic amines is 1. The first-order chi connectivity index (χ1) is 14.2. The van der Waals surface area contributed by atoms with Gasteiger partial charge in [0.1, 0.15) is 17.0 Å². The zero-order valence-electron chi connectivity index (χ0n) is 16.8. The van der Waals surface area contributed by atoms with Crippen LogP contribution in [0.1, 0.15) is 43.3 Å². The van der Waals surface area contributed by atoms with E-state index in [2.05, 4.69) is 31.5 Å². The first kappa shape index (κ1) is 22.9. The van der Waals surface area contributed by atoms with Crippen LogP contribution in [0.2, 0.25) is 0 Å². The van der Waals surface area contributed by atoms with Gasteiger partial charge in [-0.15, -0.1) is 0 Å². The van der Waals surface area contributed by atoms with Gasteiger partial charge in [0.2, 0.25) is 0 Å². The summed E-state index contributed by atoms with van der Waals surface area (Å²) in [6.45, 7) is 6.06. The van der Waals surface area contributed by atoms with E-state index in [-0.39, 0.29) is 27.0 Å². The van der Waals surface area contributed by atoms with E-state index in [9.17, 15) is 27.2 Å². The molecule has 2 aromatic rings. The number of alkyl halides is 3. The number of rotatable bonds is 2. The van der Waals surface area contributed by atoms with Crippen LogP contribution in [0.15, 0.2) is 16.6 Å². The van der Waals surface area contributed by atoms with Crippen molar-refractivity contribution in [3.8, 4) is 0 Å². The Morgan fingerprint density at radius 2 is 1.87 bits per heavy atom. The Bertz CT molecular complexity index is 1110. The van der Waals surface area contributed by atoms with Gasteiger partial charge < -0.3 is 15.0 Å². The van der Waals surface area contributed by atoms with Crippen LogP contribution in [0.4, 0.5) is 33.7 Å². The summed E-state index contributed by atoms with van der Waals surface area (Å²) in [5, 5.41) is 4.62. The van der Waals surface area contributed by atoms with E-state index in [1.807, 2.05) is 0 Å². The molecule has 0 fully saturated rings. The molecule has 6 nitrogen and oxygen atoms in total. The smallest absolute Gasteiger partial charge is 0.420 e. The number of fused-ring (bicyclic) bond motifs is 1. The molecule has 3 N–H and O–H groups in total. The lowest BCUT2D eigenvalue weighted by atomic mass is 10.0. The molecule has 3 rings (SSSR count). The van der Waals surface area contributed by atoms with Crippen LogP contribution in [0, 0.1) is 12.7 Å². The number of carbonyl (C=O) groups is 2. The largest absolute Gasteiger partial charge is 0.444 e. The number of hydrogen-bond acceptors (Lipinski definition) is 3. The molecule has 166 valence electrons. The molecule has 31 heavy (non-hydrogen) atoms. The van der Waals surface area contributed by atoms with E-state index in [0.717, 1.165) is 18.2 Å². The zero-order valence-corrected chi connectivity index (χ0v) is 18.4. The minimum Gasteiger partial charge on any atom is -0.444 e. The van der Waals surface area contributed by atoms with Gasteiger partial charge in [0, 0.05) is 15.7 Å². The molecule has 1 aromatic carbocycles. The molecule has 2 heterocycles. The molecule has 0 unspecified atom stereocenters. The summed E-state index contributed by atoms with van der Waals surface area (Å²) in [6, 6.07) is 2.18. The topological polar surface area (TPSA) is 83.2 Å². The molecule has 0 saturated heterocycles. The van der Waals surface area contributed by atoms with Crippen molar-refractivity contribution < 1.29 is 31.9 Å². The van der Waals surface area contributed by atoms with Gasteiger partial charge in [-0.2, -0.15) is 13.2 Å². The highest BCUT2D eigenvalue weighted by Gasteiger charge is 2.40. The second-order valence-corrected chi connectivity index (χ2v) is 8.71. The summed E-state index contributed by atoms with van der Waals surface area (Å²) in [5.74, 6) is -1.36. The Morgan fingerprint density at radius 1 is 1.23 bits per heavy atom. The summed E-state index contributed by atoms with van der Waals surface area (Å²) in [6.07, 6.45) is -4.96. The molecule has 11 heteroatoms. The fourth-order valence-electron chi connectivity index (χ4n) is 3.12. The summed E-state index contributed by atoms with van der Waals surface area (Å²) >= 11 is 3.12. The summed E-state index contributed by atoms with van der Waals surface area (Å²) in [5.41, 5.74) is -2.88. The number of aromatic nitrogens is 1. The SMILES string of the molecule is Cc1[nH]c(/C=C2\C(=O)Nc3c(Br)cc(F)cc32)c(C(F)(F)F)c1NC(=O)OC(C)(C)C. The van der Waals surface area contributed by atoms with Crippen LogP contribution in [0.5, 0.6) is 0 Å². The van der Waals surface area contributed by atoms with E-state index in [1.165, 1.54) is 6.92 Å². The van der Waals surface area contributed by atoms with Crippen molar-refractivity contribution in [2.75, 3.05) is 10.6 Å². The number of halogens is 5. The van der Waals surface area contributed by atoms with E-state index >= 15 is 0 Å². The minimum atomic E-state index is -4.87. The molecule has 0 radical (unpaired) electrons. The molecule has 1 aromatic heterocycles. The summed E-state index contributed by atoms with van der Waals surface area (Å²) < 4.78 is 60.8. The van der Waals surface area contributed by atoms with Crippen molar-refractivity contribution >= 4 is 51.0 Å². The molecule has 0 atom stereocenters. The van der Waals surface area contributed by atoms with E-state index in [4.69, 9.17) is 4.74 Å². The molecule has 2 amide bonds. The van der Waals surface area contributed by atoms with Crippen LogP contribution < -0.4 is 10.6 Å². The Labute approximate surface area is 183 Å². The van der Waals surface area contributed by atoms with Crippen LogP contribution in [0.25, 0.3) is 11.6 Å². The van der Waals surface area contributed by atoms with Crippen LogP contribution in [0.3, 0.4) is 0 Å². The van der Waals surface area contributed by atoms with Gasteiger partial charge in [-0.05, 0) is 61.8 Å². The average molecular weight is 504 g/mol. The second kappa shape index (κ2) is 7.70. The minimum absolute atomic E-state index is 0.00378. The third-order valence-electron chi connectivity index (χ3n) is 4.24. The lowest BCUT2D eigenvalue weighted by Gasteiger charge is -2.20. The Hall–Kier alpha value is -2.82. The van der Waals surface area contributed by atoms with E-state index < -0.39 is 46.5 Å². The van der Waals surface area contributed by atoms with Crippen molar-refractivity contribution in [2.24, 2.45) is 0 Å². The van der Waals surface area contributed by atoms with E-state index in [1.54, 1.807) is 20.8 Å². The maximum Gasteiger partial charge on any atom is 0.420 e. The van der Waals surface area contributed by atoms with Gasteiger partial charge in [-0.1, -0.05) is 0 Å². The Kier molecular flexibility index (Phi) is 5.68. The standard InChI is InChI=1S/C20H18BrF4N3O3/c1-8-15(28-18(30)31-19(2,3)4)14(20(23,24)25)13(26-8)7-11-10-5-9(22)6-12(21)16(10)27-17(11)29/h5-7,26H,1-4H3,(H,27,29)(H,28,30)/b11-7-. The predicted molar refractivity (Wildman–Crippen MR) is 111 cm³/mol. The highest BCUT2D eigenvalue weighted by molar-refractivity contribution is 9.10. The quantitative estimate of drug-likeness (QED) is 0.342. The number of ether oxygens (including phenoxy) is 1. The van der Waals surface area contributed by atoms with Crippen molar-refractivity contribution in [1.82, 2.24) is 4.98 Å². The fourth-order valence-corrected chi connectivity index (χ4v) is 3.65. The Morgan fingerprint density at radius 3 is 2.45 bits per heavy atom. The van der Waals surface area contributed by atoms with Crippen molar-refractivity contribution in [3.63, 3.8) is 0 Å². The molecule has 0 aliphatic carbocycles. The number of hydrogen-bond donors (Lipinski definition) is 3. The average Bonchev–Trinajstić information content (AvgIpc) is 3.04. The van der Waals surface area contributed by atoms with Gasteiger partial charge in [0.15, 0.2) is 0 Å². The van der Waals surface area contributed by atoms with Crippen LogP contribution in [-0.4, -0.2) is 22.6 Å². The van der Waals surface area contributed by atoms with Crippen molar-refractivity contribution in [1.29, 1.82) is 0 Å². The lowest BCUT2D eigenvalue weighted by molar-refractivity contribution is -0.137. The maximum atomic E-state index is 13.9. The van der Waals surface area contributed by atoms with Crippen LogP contribution >= 0.6 is 15.9 Å². The van der Waals surface area contributed by atoms with Crippen LogP contribution in [-0.2, 0) is 15.7 Å². The maximum absolute atomic E-state index is 13.9. The second-order valence-electron chi connectivity index (χ2n) is 7.86. The Balaban J connectivity index is 2.12. The zero-order chi connectivity index (χ0) is 23.3.